The van der Waals surface area contributed by atoms with Gasteiger partial charge in [0.25, 0.3) is 0 Å². The average Bonchev–Trinajstić information content (AvgIpc) is 2.49. The van der Waals surface area contributed by atoms with E-state index in [1.807, 2.05) is 0 Å². The van der Waals surface area contributed by atoms with E-state index in [2.05, 4.69) is 26.1 Å². The maximum absolute atomic E-state index is 13.5. The molecular formula is C8H7BrFN5. The van der Waals surface area contributed by atoms with Gasteiger partial charge in [0.15, 0.2) is 5.82 Å². The van der Waals surface area contributed by atoms with Crippen molar-refractivity contribution in [3.05, 3.63) is 28.5 Å². The summed E-state index contributed by atoms with van der Waals surface area (Å²) in [6.45, 7) is 0. The smallest absolute Gasteiger partial charge is 0.241 e. The highest BCUT2D eigenvalue weighted by atomic mass is 79.9. The minimum Gasteiger partial charge on any atom is -0.366 e. The van der Waals surface area contributed by atoms with Crippen LogP contribution in [0.5, 0.6) is 0 Å². The summed E-state index contributed by atoms with van der Waals surface area (Å²) in [7, 11) is 0. The highest BCUT2D eigenvalue weighted by Crippen LogP contribution is 2.23. The fraction of sp³-hybridized carbons (Fsp3) is 0. The zero-order valence-corrected chi connectivity index (χ0v) is 9.07. The summed E-state index contributed by atoms with van der Waals surface area (Å²) in [4.78, 5) is 0. The van der Waals surface area contributed by atoms with Crippen molar-refractivity contribution in [2.75, 3.05) is 11.6 Å². The van der Waals surface area contributed by atoms with Crippen LogP contribution in [0.25, 0.3) is 11.4 Å². The van der Waals surface area contributed by atoms with Gasteiger partial charge in [-0.1, -0.05) is 15.9 Å². The first kappa shape index (κ1) is 9.91. The van der Waals surface area contributed by atoms with Gasteiger partial charge >= 0.3 is 0 Å². The lowest BCUT2D eigenvalue weighted by molar-refractivity contribution is 0.628. The van der Waals surface area contributed by atoms with Crippen molar-refractivity contribution in [1.29, 1.82) is 0 Å². The van der Waals surface area contributed by atoms with Crippen molar-refractivity contribution in [3.63, 3.8) is 0 Å². The zero-order valence-electron chi connectivity index (χ0n) is 7.48. The molecule has 78 valence electrons. The zero-order chi connectivity index (χ0) is 11.0. The third-order valence-corrected chi connectivity index (χ3v) is 2.39. The van der Waals surface area contributed by atoms with E-state index in [1.165, 1.54) is 6.07 Å². The molecule has 15 heavy (non-hydrogen) atoms. The van der Waals surface area contributed by atoms with Gasteiger partial charge in [0, 0.05) is 4.47 Å². The fourth-order valence-electron chi connectivity index (χ4n) is 1.16. The molecule has 0 radical (unpaired) electrons. The average molecular weight is 272 g/mol. The van der Waals surface area contributed by atoms with Crippen LogP contribution in [0.15, 0.2) is 22.7 Å². The molecule has 0 amide bonds. The number of nitrogen functional groups attached to an aromatic ring is 2. The lowest BCUT2D eigenvalue weighted by Crippen LogP contribution is -2.13. The summed E-state index contributed by atoms with van der Waals surface area (Å²) < 4.78 is 15.2. The number of rotatable bonds is 1. The number of hydrogen-bond acceptors (Lipinski definition) is 4. The second kappa shape index (κ2) is 3.50. The van der Waals surface area contributed by atoms with Gasteiger partial charge in [-0.3, -0.25) is 0 Å². The molecule has 4 N–H and O–H groups in total. The quantitative estimate of drug-likeness (QED) is 0.762. The van der Waals surface area contributed by atoms with E-state index in [-0.39, 0.29) is 17.3 Å². The molecule has 0 saturated heterocycles. The minimum absolute atomic E-state index is 0.0346. The van der Waals surface area contributed by atoms with Crippen LogP contribution >= 0.6 is 15.9 Å². The summed E-state index contributed by atoms with van der Waals surface area (Å²) in [5, 5.41) is 7.23. The van der Waals surface area contributed by atoms with E-state index in [1.54, 1.807) is 12.1 Å². The van der Waals surface area contributed by atoms with Crippen LogP contribution in [0.1, 0.15) is 0 Å². The minimum atomic E-state index is -0.441. The van der Waals surface area contributed by atoms with Crippen LogP contribution in [0, 0.1) is 5.82 Å². The van der Waals surface area contributed by atoms with Gasteiger partial charge in [-0.25, -0.2) is 9.07 Å². The van der Waals surface area contributed by atoms with E-state index in [0.29, 0.717) is 4.47 Å². The molecule has 0 saturated carbocycles. The first-order chi connectivity index (χ1) is 7.09. The maximum Gasteiger partial charge on any atom is 0.241 e. The Morgan fingerprint density at radius 1 is 1.33 bits per heavy atom. The fourth-order valence-corrected chi connectivity index (χ4v) is 1.49. The predicted octanol–water partition coefficient (Wildman–Crippen LogP) is 1.14. The largest absolute Gasteiger partial charge is 0.366 e. The Balaban J connectivity index is 2.59. The molecule has 5 nitrogen and oxygen atoms in total. The van der Waals surface area contributed by atoms with Crippen LogP contribution in [0.4, 0.5) is 10.3 Å². The normalized spacial score (nSPS) is 10.5. The third-order valence-electron chi connectivity index (χ3n) is 1.89. The lowest BCUT2D eigenvalue weighted by Gasteiger charge is -2.02. The molecule has 0 bridgehead atoms. The van der Waals surface area contributed by atoms with Gasteiger partial charge in [0.05, 0.1) is 5.56 Å². The first-order valence-corrected chi connectivity index (χ1v) is 4.80. The van der Waals surface area contributed by atoms with Crippen molar-refractivity contribution in [1.82, 2.24) is 14.9 Å². The number of nitrogens with two attached hydrogens (primary N) is 2. The molecular weight excluding hydrogens is 265 g/mol. The van der Waals surface area contributed by atoms with Crippen molar-refractivity contribution >= 4 is 21.9 Å². The van der Waals surface area contributed by atoms with Crippen molar-refractivity contribution in [2.45, 2.75) is 0 Å². The Kier molecular flexibility index (Phi) is 2.31. The Labute approximate surface area is 93.0 Å². The van der Waals surface area contributed by atoms with E-state index in [0.717, 1.165) is 4.68 Å². The molecule has 7 heteroatoms. The molecule has 0 aliphatic carbocycles. The van der Waals surface area contributed by atoms with Gasteiger partial charge < -0.3 is 11.6 Å². The second-order valence-corrected chi connectivity index (χ2v) is 3.79. The number of nitrogens with zero attached hydrogens (tertiary/aromatic N) is 3. The predicted molar refractivity (Wildman–Crippen MR) is 57.7 cm³/mol. The molecule has 0 fully saturated rings. The molecule has 2 rings (SSSR count). The highest BCUT2D eigenvalue weighted by molar-refractivity contribution is 9.10. The van der Waals surface area contributed by atoms with Gasteiger partial charge in [-0.15, -0.1) is 10.2 Å². The number of aromatic nitrogens is 3. The van der Waals surface area contributed by atoms with E-state index in [4.69, 9.17) is 11.6 Å². The van der Waals surface area contributed by atoms with Crippen molar-refractivity contribution in [3.8, 4) is 11.4 Å². The summed E-state index contributed by atoms with van der Waals surface area (Å²) in [5.41, 5.74) is 5.65. The third kappa shape index (κ3) is 1.65. The van der Waals surface area contributed by atoms with Gasteiger partial charge in [0.1, 0.15) is 5.82 Å². The Morgan fingerprint density at radius 3 is 2.60 bits per heavy atom. The van der Waals surface area contributed by atoms with E-state index < -0.39 is 5.82 Å². The molecule has 0 aliphatic heterocycles. The SMILES string of the molecule is Nc1nnc(-c2ccc(Br)cc2F)n1N. The van der Waals surface area contributed by atoms with E-state index in [9.17, 15) is 4.39 Å². The molecule has 0 unspecified atom stereocenters. The van der Waals surface area contributed by atoms with Crippen LogP contribution < -0.4 is 11.6 Å². The first-order valence-electron chi connectivity index (χ1n) is 4.01. The maximum atomic E-state index is 13.5. The van der Waals surface area contributed by atoms with E-state index >= 15 is 0 Å². The summed E-state index contributed by atoms with van der Waals surface area (Å²) >= 11 is 3.15. The van der Waals surface area contributed by atoms with Crippen LogP contribution in [-0.2, 0) is 0 Å². The molecule has 1 aromatic carbocycles. The summed E-state index contributed by atoms with van der Waals surface area (Å²) in [6.07, 6.45) is 0. The number of hydrogen-bond donors (Lipinski definition) is 2. The van der Waals surface area contributed by atoms with Crippen LogP contribution in [-0.4, -0.2) is 14.9 Å². The molecule has 0 aliphatic rings. The van der Waals surface area contributed by atoms with Crippen LogP contribution in [0.3, 0.4) is 0 Å². The number of benzene rings is 1. The van der Waals surface area contributed by atoms with Crippen molar-refractivity contribution in [2.24, 2.45) is 0 Å². The summed E-state index contributed by atoms with van der Waals surface area (Å²) in [6, 6.07) is 4.55. The van der Waals surface area contributed by atoms with Gasteiger partial charge in [0.2, 0.25) is 5.95 Å². The topological polar surface area (TPSA) is 82.8 Å². The second-order valence-electron chi connectivity index (χ2n) is 2.88. The van der Waals surface area contributed by atoms with Gasteiger partial charge in [-0.2, -0.15) is 0 Å². The number of anilines is 1. The lowest BCUT2D eigenvalue weighted by atomic mass is 10.2. The highest BCUT2D eigenvalue weighted by Gasteiger charge is 2.13. The Morgan fingerprint density at radius 2 is 2.07 bits per heavy atom. The molecule has 1 heterocycles. The molecule has 0 atom stereocenters. The Bertz CT molecular complexity index is 510. The van der Waals surface area contributed by atoms with Crippen molar-refractivity contribution < 1.29 is 4.39 Å². The standard InChI is InChI=1S/C8H7BrFN5/c9-4-1-2-5(6(10)3-4)7-13-14-8(11)15(7)12/h1-3H,12H2,(H2,11,14). The monoisotopic (exact) mass is 271 g/mol. The van der Waals surface area contributed by atoms with Gasteiger partial charge in [-0.05, 0) is 18.2 Å². The van der Waals surface area contributed by atoms with Crippen LogP contribution in [0.2, 0.25) is 0 Å². The molecule has 0 spiro atoms. The Hall–Kier alpha value is -1.63. The number of halogens is 2. The molecule has 2 aromatic rings. The summed E-state index contributed by atoms with van der Waals surface area (Å²) in [5.74, 6) is 5.32. The molecule has 1 aromatic heterocycles.